The number of hydrogen-bond donors (Lipinski definition) is 2. The molecule has 0 aliphatic carbocycles. The second-order valence-corrected chi connectivity index (χ2v) is 3.44. The maximum atomic E-state index is 10.6. The van der Waals surface area contributed by atoms with Crippen LogP contribution in [0.15, 0.2) is 24.3 Å². The van der Waals surface area contributed by atoms with Gasteiger partial charge in [0.1, 0.15) is 0 Å². The number of carboxylic acid groups (broad SMARTS) is 1. The van der Waals surface area contributed by atoms with E-state index in [0.29, 0.717) is 0 Å². The van der Waals surface area contributed by atoms with Crippen molar-refractivity contribution in [2.45, 2.75) is 0 Å². The molecule has 1 rings (SSSR count). The van der Waals surface area contributed by atoms with Crippen LogP contribution in [0.4, 0.5) is 5.69 Å². The quantitative estimate of drug-likeness (QED) is 0.712. The predicted octanol–water partition coefficient (Wildman–Crippen LogP) is 0.423. The third kappa shape index (κ3) is 2.71. The van der Waals surface area contributed by atoms with Gasteiger partial charge in [-0.25, -0.2) is 4.79 Å². The first-order valence-corrected chi connectivity index (χ1v) is 4.82. The van der Waals surface area contributed by atoms with Crippen LogP contribution in [-0.4, -0.2) is 24.0 Å². The first kappa shape index (κ1) is 10.5. The second-order valence-electron chi connectivity index (χ2n) is 2.36. The highest BCUT2D eigenvalue weighted by Gasteiger charge is 2.15. The number of aromatic carboxylic acids is 1. The van der Waals surface area contributed by atoms with E-state index in [1.165, 1.54) is 24.3 Å². The zero-order chi connectivity index (χ0) is 10.8. The fourth-order valence-electron chi connectivity index (χ4n) is 0.858. The summed E-state index contributed by atoms with van der Waals surface area (Å²) in [4.78, 5) is 10.6. The van der Waals surface area contributed by atoms with Crippen LogP contribution in [0.25, 0.3) is 0 Å². The van der Waals surface area contributed by atoms with Gasteiger partial charge in [-0.05, 0) is 12.1 Å². The van der Waals surface area contributed by atoms with Crippen molar-refractivity contribution >= 4 is 22.0 Å². The molecule has 1 aromatic carbocycles. The molecule has 6 nitrogen and oxygen atoms in total. The lowest BCUT2D eigenvalue weighted by atomic mass is 10.2. The average molecular weight is 216 g/mol. The molecule has 0 heterocycles. The van der Waals surface area contributed by atoms with Gasteiger partial charge in [0.2, 0.25) is 0 Å². The summed E-state index contributed by atoms with van der Waals surface area (Å²) < 4.78 is 32.0. The lowest BCUT2D eigenvalue weighted by molar-refractivity contribution is 0.0697. The first-order chi connectivity index (χ1) is 6.40. The van der Waals surface area contributed by atoms with Crippen LogP contribution >= 0.6 is 0 Å². The molecule has 1 radical (unpaired) electrons. The molecule has 0 atom stereocenters. The molecule has 0 saturated carbocycles. The number of carboxylic acids is 1. The molecule has 0 aliphatic rings. The zero-order valence-electron chi connectivity index (χ0n) is 6.78. The summed E-state index contributed by atoms with van der Waals surface area (Å²) in [7, 11) is -4.57. The highest BCUT2D eigenvalue weighted by Crippen LogP contribution is 2.15. The molecule has 0 aromatic heterocycles. The van der Waals surface area contributed by atoms with Crippen molar-refractivity contribution in [1.29, 1.82) is 0 Å². The second kappa shape index (κ2) is 3.64. The van der Waals surface area contributed by atoms with Gasteiger partial charge in [0.05, 0.1) is 11.3 Å². The Morgan fingerprint density at radius 3 is 2.36 bits per heavy atom. The molecule has 7 heteroatoms. The maximum Gasteiger partial charge on any atom is 0.378 e. The van der Waals surface area contributed by atoms with E-state index in [2.05, 4.69) is 4.72 Å². The van der Waals surface area contributed by atoms with Gasteiger partial charge in [-0.15, -0.1) is 4.72 Å². The molecule has 0 spiro atoms. The standard InChI is InChI=1S/C7H6NO5S/c9-7(10)5-3-1-2-4-6(5)8-14(11,12)13/h1-4H,(H,9,10)(H,11,12,13). The van der Waals surface area contributed by atoms with Crippen LogP contribution in [0.1, 0.15) is 10.4 Å². The number of carbonyl (C=O) groups is 1. The highest BCUT2D eigenvalue weighted by atomic mass is 32.2. The first-order valence-electron chi connectivity index (χ1n) is 3.43. The summed E-state index contributed by atoms with van der Waals surface area (Å²) in [5.41, 5.74) is -0.590. The van der Waals surface area contributed by atoms with E-state index in [1.54, 1.807) is 0 Å². The fourth-order valence-corrected chi connectivity index (χ4v) is 1.27. The Kier molecular flexibility index (Phi) is 2.73. The van der Waals surface area contributed by atoms with Crippen molar-refractivity contribution in [1.82, 2.24) is 4.72 Å². The lowest BCUT2D eigenvalue weighted by Gasteiger charge is -2.02. The van der Waals surface area contributed by atoms with Gasteiger partial charge in [-0.3, -0.25) is 4.55 Å². The minimum absolute atomic E-state index is 0.287. The molecular weight excluding hydrogens is 210 g/mol. The third-order valence-electron chi connectivity index (χ3n) is 1.35. The summed E-state index contributed by atoms with van der Waals surface area (Å²) in [5, 5.41) is 8.63. The summed E-state index contributed by atoms with van der Waals surface area (Å²) in [5.74, 6) is -1.31. The van der Waals surface area contributed by atoms with Gasteiger partial charge in [-0.2, -0.15) is 8.42 Å². The summed E-state index contributed by atoms with van der Waals surface area (Å²) in [6.07, 6.45) is 0. The number of nitrogens with zero attached hydrogens (tertiary/aromatic N) is 1. The molecule has 2 N–H and O–H groups in total. The van der Waals surface area contributed by atoms with Crippen LogP contribution in [0, 0.1) is 0 Å². The molecular formula is C7H6NO5S. The Morgan fingerprint density at radius 1 is 1.29 bits per heavy atom. The van der Waals surface area contributed by atoms with Gasteiger partial charge in [0.25, 0.3) is 0 Å². The monoisotopic (exact) mass is 216 g/mol. The van der Waals surface area contributed by atoms with Gasteiger partial charge in [0.15, 0.2) is 0 Å². The van der Waals surface area contributed by atoms with Crippen molar-refractivity contribution in [2.75, 3.05) is 0 Å². The van der Waals surface area contributed by atoms with E-state index >= 15 is 0 Å². The molecule has 0 fully saturated rings. The van der Waals surface area contributed by atoms with Crippen molar-refractivity contribution < 1.29 is 22.9 Å². The molecule has 0 aliphatic heterocycles. The minimum atomic E-state index is -4.57. The van der Waals surface area contributed by atoms with E-state index in [-0.39, 0.29) is 11.3 Å². The van der Waals surface area contributed by atoms with Crippen LogP contribution in [0.3, 0.4) is 0 Å². The topological polar surface area (TPSA) is 106 Å². The predicted molar refractivity (Wildman–Crippen MR) is 46.7 cm³/mol. The summed E-state index contributed by atoms with van der Waals surface area (Å²) in [6, 6.07) is 5.20. The largest absolute Gasteiger partial charge is 0.478 e. The van der Waals surface area contributed by atoms with Gasteiger partial charge in [0, 0.05) is 0 Å². The van der Waals surface area contributed by atoms with Gasteiger partial charge >= 0.3 is 16.3 Å². The highest BCUT2D eigenvalue weighted by molar-refractivity contribution is 7.83. The van der Waals surface area contributed by atoms with E-state index in [0.717, 1.165) is 0 Å². The Balaban J connectivity index is 3.15. The van der Waals surface area contributed by atoms with E-state index in [9.17, 15) is 13.2 Å². The molecule has 75 valence electrons. The Labute approximate surface area is 80.1 Å². The Morgan fingerprint density at radius 2 is 1.86 bits per heavy atom. The number of benzene rings is 1. The van der Waals surface area contributed by atoms with Crippen molar-refractivity contribution in [3.05, 3.63) is 29.8 Å². The summed E-state index contributed by atoms with van der Waals surface area (Å²) in [6.45, 7) is 0. The number of rotatable bonds is 3. The molecule has 0 saturated heterocycles. The molecule has 14 heavy (non-hydrogen) atoms. The summed E-state index contributed by atoms with van der Waals surface area (Å²) >= 11 is 0. The lowest BCUT2D eigenvalue weighted by Crippen LogP contribution is -2.12. The van der Waals surface area contributed by atoms with Crippen LogP contribution in [-0.2, 0) is 10.3 Å². The smallest absolute Gasteiger partial charge is 0.378 e. The van der Waals surface area contributed by atoms with E-state index < -0.39 is 16.3 Å². The van der Waals surface area contributed by atoms with Gasteiger partial charge in [-0.1, -0.05) is 12.1 Å². The molecule has 0 bridgehead atoms. The average Bonchev–Trinajstić information content (AvgIpc) is 2.01. The van der Waals surface area contributed by atoms with Crippen LogP contribution in [0.5, 0.6) is 0 Å². The van der Waals surface area contributed by atoms with Gasteiger partial charge < -0.3 is 5.11 Å². The zero-order valence-corrected chi connectivity index (χ0v) is 7.60. The van der Waals surface area contributed by atoms with E-state index in [4.69, 9.17) is 9.66 Å². The maximum absolute atomic E-state index is 10.6. The van der Waals surface area contributed by atoms with Crippen molar-refractivity contribution in [3.8, 4) is 0 Å². The van der Waals surface area contributed by atoms with Crippen LogP contribution in [0.2, 0.25) is 0 Å². The molecule has 1 aromatic rings. The van der Waals surface area contributed by atoms with Crippen molar-refractivity contribution in [3.63, 3.8) is 0 Å². The Hall–Kier alpha value is -1.60. The molecule has 0 amide bonds. The Bertz CT molecular complexity index is 453. The fraction of sp³-hybridized carbons (Fsp3) is 0. The number of hydrogen-bond acceptors (Lipinski definition) is 3. The third-order valence-corrected chi connectivity index (χ3v) is 1.78. The molecule has 0 unspecified atom stereocenters. The van der Waals surface area contributed by atoms with E-state index in [1.807, 2.05) is 0 Å². The normalized spacial score (nSPS) is 10.9. The minimum Gasteiger partial charge on any atom is -0.478 e. The van der Waals surface area contributed by atoms with Crippen molar-refractivity contribution in [2.24, 2.45) is 0 Å². The van der Waals surface area contributed by atoms with Crippen LogP contribution < -0.4 is 4.72 Å². The SMILES string of the molecule is O=C(O)c1ccccc1[N]S(=O)(=O)O.